The van der Waals surface area contributed by atoms with E-state index in [2.05, 4.69) is 20.4 Å². The molecule has 3 amide bonds. The van der Waals surface area contributed by atoms with Crippen molar-refractivity contribution in [2.45, 2.75) is 32.7 Å². The van der Waals surface area contributed by atoms with Crippen molar-refractivity contribution in [2.75, 3.05) is 16.8 Å². The summed E-state index contributed by atoms with van der Waals surface area (Å²) in [6.07, 6.45) is -3.45. The van der Waals surface area contributed by atoms with Crippen molar-refractivity contribution in [1.29, 1.82) is 0 Å². The summed E-state index contributed by atoms with van der Waals surface area (Å²) in [7, 11) is 0. The highest BCUT2D eigenvalue weighted by Gasteiger charge is 2.32. The highest BCUT2D eigenvalue weighted by atomic mass is 19.4. The molecular formula is C21H21F3N4O4. The van der Waals surface area contributed by atoms with Crippen LogP contribution >= 0.6 is 0 Å². The summed E-state index contributed by atoms with van der Waals surface area (Å²) in [6.45, 7) is 3.13. The second-order valence-electron chi connectivity index (χ2n) is 7.45. The highest BCUT2D eigenvalue weighted by molar-refractivity contribution is 6.08. The van der Waals surface area contributed by atoms with Crippen LogP contribution < -0.4 is 20.3 Å². The van der Waals surface area contributed by atoms with Gasteiger partial charge in [-0.15, -0.1) is 13.2 Å². The Bertz CT molecular complexity index is 1010. The van der Waals surface area contributed by atoms with Gasteiger partial charge in [0.05, 0.1) is 11.7 Å². The van der Waals surface area contributed by atoms with Gasteiger partial charge in [-0.2, -0.15) is 0 Å². The van der Waals surface area contributed by atoms with E-state index >= 15 is 0 Å². The molecule has 1 aromatic heterocycles. The van der Waals surface area contributed by atoms with Crippen molar-refractivity contribution in [3.63, 3.8) is 0 Å². The van der Waals surface area contributed by atoms with Crippen LogP contribution in [0.25, 0.3) is 0 Å². The summed E-state index contributed by atoms with van der Waals surface area (Å²) in [4.78, 5) is 42.6. The van der Waals surface area contributed by atoms with Crippen LogP contribution in [0.1, 0.15) is 31.9 Å². The molecule has 0 saturated carbocycles. The summed E-state index contributed by atoms with van der Waals surface area (Å²) >= 11 is 0. The number of pyridine rings is 1. The average molecular weight is 450 g/mol. The van der Waals surface area contributed by atoms with E-state index in [9.17, 15) is 27.6 Å². The van der Waals surface area contributed by atoms with Gasteiger partial charge in [-0.05, 0) is 29.8 Å². The molecule has 0 saturated heterocycles. The van der Waals surface area contributed by atoms with Crippen LogP contribution in [0.3, 0.4) is 0 Å². The van der Waals surface area contributed by atoms with Gasteiger partial charge >= 0.3 is 12.4 Å². The van der Waals surface area contributed by atoms with Gasteiger partial charge in [-0.25, -0.2) is 9.78 Å². The zero-order chi connectivity index (χ0) is 23.5. The van der Waals surface area contributed by atoms with Crippen LogP contribution in [0.5, 0.6) is 5.75 Å². The molecule has 2 N–H and O–H groups in total. The van der Waals surface area contributed by atoms with Crippen LogP contribution in [0.15, 0.2) is 42.6 Å². The molecule has 0 fully saturated rings. The van der Waals surface area contributed by atoms with Crippen molar-refractivity contribution in [3.8, 4) is 5.75 Å². The van der Waals surface area contributed by atoms with Gasteiger partial charge in [0.15, 0.2) is 5.82 Å². The van der Waals surface area contributed by atoms with E-state index in [4.69, 9.17) is 0 Å². The quantitative estimate of drug-likeness (QED) is 0.697. The number of urea groups is 1. The fraction of sp³-hybridized carbons (Fsp3) is 0.333. The van der Waals surface area contributed by atoms with Gasteiger partial charge in [-0.3, -0.25) is 14.5 Å². The van der Waals surface area contributed by atoms with Gasteiger partial charge in [0.1, 0.15) is 18.1 Å². The number of alkyl halides is 3. The lowest BCUT2D eigenvalue weighted by molar-refractivity contribution is -0.274. The normalized spacial score (nSPS) is 14.4. The maximum atomic E-state index is 13.0. The standard InChI is InChI=1S/C21H21F3N4O4/c1-12(2)17(29)10-16(13-5-7-14(8-6-13)32-21(22,23)24)27-20(31)28-11-18(30)26-15-4-3-9-25-19(15)28/h3-9,12,16H,10-11H2,1-2H3,(H,26,30)(H,27,31). The second kappa shape index (κ2) is 9.25. The molecule has 0 spiro atoms. The number of fused-ring (bicyclic) bond motifs is 1. The number of benzene rings is 1. The molecular weight excluding hydrogens is 429 g/mol. The zero-order valence-corrected chi connectivity index (χ0v) is 17.3. The molecule has 3 rings (SSSR count). The lowest BCUT2D eigenvalue weighted by Gasteiger charge is -2.30. The smallest absolute Gasteiger partial charge is 0.406 e. The Morgan fingerprint density at radius 3 is 2.53 bits per heavy atom. The lowest BCUT2D eigenvalue weighted by atomic mass is 9.96. The minimum absolute atomic E-state index is 0.0853. The molecule has 0 bridgehead atoms. The molecule has 1 aromatic carbocycles. The van der Waals surface area contributed by atoms with Gasteiger partial charge in [-0.1, -0.05) is 26.0 Å². The average Bonchev–Trinajstić information content (AvgIpc) is 2.71. The van der Waals surface area contributed by atoms with E-state index in [0.29, 0.717) is 11.3 Å². The molecule has 0 aliphatic carbocycles. The monoisotopic (exact) mass is 450 g/mol. The van der Waals surface area contributed by atoms with E-state index in [1.54, 1.807) is 26.0 Å². The summed E-state index contributed by atoms with van der Waals surface area (Å²) in [5.41, 5.74) is 0.770. The topological polar surface area (TPSA) is 101 Å². The number of rotatable bonds is 6. The Morgan fingerprint density at radius 2 is 1.91 bits per heavy atom. The van der Waals surface area contributed by atoms with Gasteiger partial charge in [0.25, 0.3) is 0 Å². The number of ether oxygens (including phenoxy) is 1. The van der Waals surface area contributed by atoms with Crippen LogP contribution in [-0.2, 0) is 9.59 Å². The number of carbonyl (C=O) groups is 3. The van der Waals surface area contributed by atoms with Crippen LogP contribution in [0.4, 0.5) is 29.5 Å². The molecule has 11 heteroatoms. The molecule has 0 radical (unpaired) electrons. The number of hydrogen-bond acceptors (Lipinski definition) is 5. The third kappa shape index (κ3) is 5.74. The van der Waals surface area contributed by atoms with E-state index < -0.39 is 30.1 Å². The van der Waals surface area contributed by atoms with Gasteiger partial charge in [0, 0.05) is 18.5 Å². The lowest BCUT2D eigenvalue weighted by Crippen LogP contribution is -2.48. The minimum atomic E-state index is -4.84. The van der Waals surface area contributed by atoms with E-state index in [1.165, 1.54) is 18.3 Å². The maximum Gasteiger partial charge on any atom is 0.573 e. The first-order valence-corrected chi connectivity index (χ1v) is 9.75. The van der Waals surface area contributed by atoms with E-state index in [0.717, 1.165) is 17.0 Å². The van der Waals surface area contributed by atoms with Crippen molar-refractivity contribution in [3.05, 3.63) is 48.2 Å². The molecule has 1 aliphatic heterocycles. The largest absolute Gasteiger partial charge is 0.573 e. The predicted molar refractivity (Wildman–Crippen MR) is 109 cm³/mol. The molecule has 170 valence electrons. The van der Waals surface area contributed by atoms with E-state index in [1.807, 2.05) is 0 Å². The van der Waals surface area contributed by atoms with Gasteiger partial charge < -0.3 is 15.4 Å². The first-order chi connectivity index (χ1) is 15.0. The van der Waals surface area contributed by atoms with Crippen LogP contribution in [-0.4, -0.2) is 35.6 Å². The number of halogens is 3. The SMILES string of the molecule is CC(C)C(=O)CC(NC(=O)N1CC(=O)Nc2cccnc21)c1ccc(OC(F)(F)F)cc1. The Morgan fingerprint density at radius 1 is 1.22 bits per heavy atom. The number of aromatic nitrogens is 1. The number of amides is 3. The molecule has 1 atom stereocenters. The highest BCUT2D eigenvalue weighted by Crippen LogP contribution is 2.29. The Balaban J connectivity index is 1.84. The number of ketones is 1. The Hall–Kier alpha value is -3.63. The number of nitrogens with one attached hydrogen (secondary N) is 2. The Labute approximate surface area is 181 Å². The molecule has 2 aromatic rings. The van der Waals surface area contributed by atoms with Crippen molar-refractivity contribution >= 4 is 29.2 Å². The van der Waals surface area contributed by atoms with Gasteiger partial charge in [0.2, 0.25) is 5.91 Å². The number of hydrogen-bond donors (Lipinski definition) is 2. The fourth-order valence-electron chi connectivity index (χ4n) is 3.10. The van der Waals surface area contributed by atoms with E-state index in [-0.39, 0.29) is 30.5 Å². The fourth-order valence-corrected chi connectivity index (χ4v) is 3.10. The first kappa shape index (κ1) is 23.0. The van der Waals surface area contributed by atoms with Crippen molar-refractivity contribution in [2.24, 2.45) is 5.92 Å². The molecule has 2 heterocycles. The van der Waals surface area contributed by atoms with Crippen molar-refractivity contribution in [1.82, 2.24) is 10.3 Å². The van der Waals surface area contributed by atoms with Crippen molar-refractivity contribution < 1.29 is 32.3 Å². The number of anilines is 2. The van der Waals surface area contributed by atoms with Crippen LogP contribution in [0.2, 0.25) is 0 Å². The number of nitrogens with zero attached hydrogens (tertiary/aromatic N) is 2. The summed E-state index contributed by atoms with van der Waals surface area (Å²) in [6, 6.07) is 6.59. The predicted octanol–water partition coefficient (Wildman–Crippen LogP) is 3.80. The molecule has 1 aliphatic rings. The zero-order valence-electron chi connectivity index (χ0n) is 17.3. The number of carbonyl (C=O) groups excluding carboxylic acids is 3. The second-order valence-corrected chi connectivity index (χ2v) is 7.45. The van der Waals surface area contributed by atoms with Crippen LogP contribution in [0, 0.1) is 5.92 Å². The summed E-state index contributed by atoms with van der Waals surface area (Å²) < 4.78 is 41.1. The molecule has 32 heavy (non-hydrogen) atoms. The molecule has 8 nitrogen and oxygen atoms in total. The minimum Gasteiger partial charge on any atom is -0.406 e. The third-order valence-corrected chi connectivity index (χ3v) is 4.73. The third-order valence-electron chi connectivity index (χ3n) is 4.73. The summed E-state index contributed by atoms with van der Waals surface area (Å²) in [5, 5.41) is 5.32. The first-order valence-electron chi connectivity index (χ1n) is 9.75. The molecule has 1 unspecified atom stereocenters. The number of Topliss-reactive ketones (excluding diaryl/α,β-unsaturated/α-hetero) is 1. The summed E-state index contributed by atoms with van der Waals surface area (Å²) in [5.74, 6) is -1.06. The Kier molecular flexibility index (Phi) is 6.66. The maximum absolute atomic E-state index is 13.0.